The highest BCUT2D eigenvalue weighted by Crippen LogP contribution is 2.21. The molecule has 0 bridgehead atoms. The zero-order chi connectivity index (χ0) is 16.9. The molecule has 24 heavy (non-hydrogen) atoms. The molecular weight excluding hydrogens is 300 g/mol. The first-order chi connectivity index (χ1) is 11.6. The van der Waals surface area contributed by atoms with Crippen molar-refractivity contribution in [3.63, 3.8) is 0 Å². The van der Waals surface area contributed by atoms with Gasteiger partial charge in [0.1, 0.15) is 5.82 Å². The third kappa shape index (κ3) is 3.74. The Hall–Kier alpha value is -2.40. The van der Waals surface area contributed by atoms with Crippen molar-refractivity contribution in [2.45, 2.75) is 31.8 Å². The zero-order valence-corrected chi connectivity index (χ0v) is 14.2. The Balaban J connectivity index is 1.66. The van der Waals surface area contributed by atoms with Gasteiger partial charge in [0.2, 0.25) is 0 Å². The van der Waals surface area contributed by atoms with E-state index in [0.717, 1.165) is 30.9 Å². The molecule has 2 atom stereocenters. The van der Waals surface area contributed by atoms with Crippen molar-refractivity contribution in [2.75, 3.05) is 18.5 Å². The number of amides is 1. The Bertz CT molecular complexity index is 672. The van der Waals surface area contributed by atoms with Gasteiger partial charge in [-0.2, -0.15) is 0 Å². The molecule has 0 saturated carbocycles. The second kappa shape index (κ2) is 7.45. The van der Waals surface area contributed by atoms with E-state index in [1.807, 2.05) is 54.4 Å². The SMILES string of the molecule is CC1NCCCC1NC(=O)c1ccc(N(C)c2ccccc2)nc1. The molecule has 0 radical (unpaired) electrons. The summed E-state index contributed by atoms with van der Waals surface area (Å²) in [5, 5.41) is 6.50. The Morgan fingerprint density at radius 1 is 1.25 bits per heavy atom. The number of benzene rings is 1. The van der Waals surface area contributed by atoms with Crippen LogP contribution >= 0.6 is 0 Å². The van der Waals surface area contributed by atoms with Crippen LogP contribution in [0.2, 0.25) is 0 Å². The summed E-state index contributed by atoms with van der Waals surface area (Å²) in [5.74, 6) is 0.752. The summed E-state index contributed by atoms with van der Waals surface area (Å²) in [4.78, 5) is 18.8. The Morgan fingerprint density at radius 3 is 2.71 bits per heavy atom. The standard InChI is InChI=1S/C19H24N4O/c1-14-17(9-6-12-20-14)22-19(24)15-10-11-18(21-13-15)23(2)16-7-4-3-5-8-16/h3-5,7-8,10-11,13-14,17,20H,6,9,12H2,1-2H3,(H,22,24). The minimum Gasteiger partial charge on any atom is -0.348 e. The van der Waals surface area contributed by atoms with Crippen LogP contribution in [0.3, 0.4) is 0 Å². The normalized spacial score (nSPS) is 20.4. The number of hydrogen-bond acceptors (Lipinski definition) is 4. The molecular formula is C19H24N4O. The summed E-state index contributed by atoms with van der Waals surface area (Å²) in [6, 6.07) is 14.2. The number of piperidine rings is 1. The number of aromatic nitrogens is 1. The molecule has 2 unspecified atom stereocenters. The molecule has 2 heterocycles. The highest BCUT2D eigenvalue weighted by Gasteiger charge is 2.23. The second-order valence-corrected chi connectivity index (χ2v) is 6.26. The Kier molecular flexibility index (Phi) is 5.11. The molecule has 5 nitrogen and oxygen atoms in total. The monoisotopic (exact) mass is 324 g/mol. The van der Waals surface area contributed by atoms with E-state index in [9.17, 15) is 4.79 Å². The lowest BCUT2D eigenvalue weighted by Crippen LogP contribution is -2.51. The van der Waals surface area contributed by atoms with Crippen molar-refractivity contribution in [1.82, 2.24) is 15.6 Å². The van der Waals surface area contributed by atoms with Gasteiger partial charge in [0.05, 0.1) is 5.56 Å². The average molecular weight is 324 g/mol. The fraction of sp³-hybridized carbons (Fsp3) is 0.368. The number of rotatable bonds is 4. The number of anilines is 2. The fourth-order valence-electron chi connectivity index (χ4n) is 3.00. The predicted molar refractivity (Wildman–Crippen MR) is 96.7 cm³/mol. The largest absolute Gasteiger partial charge is 0.348 e. The van der Waals surface area contributed by atoms with Crippen LogP contribution < -0.4 is 15.5 Å². The number of pyridine rings is 1. The molecule has 1 aliphatic heterocycles. The Morgan fingerprint density at radius 2 is 2.04 bits per heavy atom. The maximum atomic E-state index is 12.4. The number of carbonyl (C=O) groups is 1. The van der Waals surface area contributed by atoms with Crippen molar-refractivity contribution in [2.24, 2.45) is 0 Å². The van der Waals surface area contributed by atoms with E-state index in [0.29, 0.717) is 11.6 Å². The molecule has 1 aliphatic rings. The molecule has 1 saturated heterocycles. The predicted octanol–water partition coefficient (Wildman–Crippen LogP) is 2.72. The lowest BCUT2D eigenvalue weighted by atomic mass is 9.99. The maximum Gasteiger partial charge on any atom is 0.253 e. The van der Waals surface area contributed by atoms with Gasteiger partial charge in [0, 0.05) is 31.0 Å². The molecule has 1 aromatic carbocycles. The third-order valence-electron chi connectivity index (χ3n) is 4.58. The van der Waals surface area contributed by atoms with Gasteiger partial charge in [0.25, 0.3) is 5.91 Å². The summed E-state index contributed by atoms with van der Waals surface area (Å²) in [6.45, 7) is 3.13. The second-order valence-electron chi connectivity index (χ2n) is 6.26. The van der Waals surface area contributed by atoms with E-state index in [1.54, 1.807) is 6.20 Å². The van der Waals surface area contributed by atoms with E-state index in [2.05, 4.69) is 22.5 Å². The molecule has 126 valence electrons. The van der Waals surface area contributed by atoms with Crippen LogP contribution in [0.15, 0.2) is 48.7 Å². The van der Waals surface area contributed by atoms with Crippen LogP contribution in [0.4, 0.5) is 11.5 Å². The van der Waals surface area contributed by atoms with Crippen molar-refractivity contribution in [3.05, 3.63) is 54.2 Å². The zero-order valence-electron chi connectivity index (χ0n) is 14.2. The summed E-state index contributed by atoms with van der Waals surface area (Å²) in [6.07, 6.45) is 3.75. The number of nitrogens with zero attached hydrogens (tertiary/aromatic N) is 2. The average Bonchev–Trinajstić information content (AvgIpc) is 2.64. The molecule has 0 aliphatic carbocycles. The quantitative estimate of drug-likeness (QED) is 0.908. The summed E-state index contributed by atoms with van der Waals surface area (Å²) in [5.41, 5.74) is 1.65. The minimum absolute atomic E-state index is 0.0584. The van der Waals surface area contributed by atoms with Crippen LogP contribution in [-0.4, -0.2) is 36.6 Å². The van der Waals surface area contributed by atoms with Gasteiger partial charge in [-0.05, 0) is 50.6 Å². The van der Waals surface area contributed by atoms with E-state index < -0.39 is 0 Å². The van der Waals surface area contributed by atoms with Crippen LogP contribution in [0, 0.1) is 0 Å². The lowest BCUT2D eigenvalue weighted by Gasteiger charge is -2.30. The van der Waals surface area contributed by atoms with Gasteiger partial charge < -0.3 is 15.5 Å². The number of para-hydroxylation sites is 1. The van der Waals surface area contributed by atoms with Gasteiger partial charge >= 0.3 is 0 Å². The van der Waals surface area contributed by atoms with Gasteiger partial charge in [-0.1, -0.05) is 18.2 Å². The van der Waals surface area contributed by atoms with Crippen LogP contribution in [-0.2, 0) is 0 Å². The van der Waals surface area contributed by atoms with Crippen molar-refractivity contribution in [3.8, 4) is 0 Å². The first-order valence-corrected chi connectivity index (χ1v) is 8.44. The van der Waals surface area contributed by atoms with Gasteiger partial charge in [-0.3, -0.25) is 4.79 Å². The van der Waals surface area contributed by atoms with E-state index in [4.69, 9.17) is 0 Å². The minimum atomic E-state index is -0.0584. The van der Waals surface area contributed by atoms with Gasteiger partial charge in [-0.25, -0.2) is 4.98 Å². The smallest absolute Gasteiger partial charge is 0.253 e. The van der Waals surface area contributed by atoms with Gasteiger partial charge in [0.15, 0.2) is 0 Å². The Labute approximate surface area is 143 Å². The van der Waals surface area contributed by atoms with Crippen molar-refractivity contribution >= 4 is 17.4 Å². The molecule has 2 aromatic rings. The third-order valence-corrected chi connectivity index (χ3v) is 4.58. The molecule has 5 heteroatoms. The summed E-state index contributed by atoms with van der Waals surface area (Å²) < 4.78 is 0. The van der Waals surface area contributed by atoms with E-state index >= 15 is 0 Å². The van der Waals surface area contributed by atoms with Crippen LogP contribution in [0.5, 0.6) is 0 Å². The number of hydrogen-bond donors (Lipinski definition) is 2. The highest BCUT2D eigenvalue weighted by molar-refractivity contribution is 5.94. The topological polar surface area (TPSA) is 57.3 Å². The number of nitrogens with one attached hydrogen (secondary N) is 2. The molecule has 0 spiro atoms. The maximum absolute atomic E-state index is 12.4. The highest BCUT2D eigenvalue weighted by atomic mass is 16.1. The van der Waals surface area contributed by atoms with E-state index in [-0.39, 0.29) is 11.9 Å². The van der Waals surface area contributed by atoms with E-state index in [1.165, 1.54) is 0 Å². The first-order valence-electron chi connectivity index (χ1n) is 8.44. The van der Waals surface area contributed by atoms with Crippen molar-refractivity contribution in [1.29, 1.82) is 0 Å². The molecule has 1 amide bonds. The van der Waals surface area contributed by atoms with Crippen LogP contribution in [0.1, 0.15) is 30.1 Å². The molecule has 2 N–H and O–H groups in total. The van der Waals surface area contributed by atoms with Gasteiger partial charge in [-0.15, -0.1) is 0 Å². The summed E-state index contributed by atoms with van der Waals surface area (Å²) in [7, 11) is 1.97. The van der Waals surface area contributed by atoms with Crippen molar-refractivity contribution < 1.29 is 4.79 Å². The first kappa shape index (κ1) is 16.5. The molecule has 1 aromatic heterocycles. The molecule has 1 fully saturated rings. The lowest BCUT2D eigenvalue weighted by molar-refractivity contribution is 0.0919. The number of carbonyl (C=O) groups excluding carboxylic acids is 1. The molecule has 3 rings (SSSR count). The summed E-state index contributed by atoms with van der Waals surface area (Å²) >= 11 is 0. The fourth-order valence-corrected chi connectivity index (χ4v) is 3.00. The van der Waals surface area contributed by atoms with Crippen LogP contribution in [0.25, 0.3) is 0 Å².